The molecule has 2 fully saturated rings. The van der Waals surface area contributed by atoms with Crippen molar-refractivity contribution in [1.82, 2.24) is 8.87 Å². The quantitative estimate of drug-likeness (QED) is 0.447. The third-order valence-corrected chi connectivity index (χ3v) is 8.59. The van der Waals surface area contributed by atoms with Crippen molar-refractivity contribution in [1.29, 1.82) is 0 Å². The minimum atomic E-state index is -4.13. The van der Waals surface area contributed by atoms with Gasteiger partial charge in [-0.05, 0) is 43.2 Å². The molecule has 0 bridgehead atoms. The largest absolute Gasteiger partial charge is 0.495 e. The Morgan fingerprint density at radius 2 is 1.79 bits per heavy atom. The van der Waals surface area contributed by atoms with Gasteiger partial charge in [-0.15, -0.1) is 0 Å². The maximum absolute atomic E-state index is 13.7. The second-order valence-corrected chi connectivity index (χ2v) is 11.2. The smallest absolute Gasteiger partial charge is 0.268 e. The maximum atomic E-state index is 13.7. The molecule has 2 aromatic carbocycles. The van der Waals surface area contributed by atoms with Crippen molar-refractivity contribution in [3.8, 4) is 5.75 Å². The Kier molecular flexibility index (Phi) is 5.86. The number of methoxy groups -OCH3 is 1. The molecule has 1 saturated carbocycles. The van der Waals surface area contributed by atoms with Crippen molar-refractivity contribution >= 4 is 42.5 Å². The van der Waals surface area contributed by atoms with Crippen LogP contribution < -0.4 is 9.64 Å². The highest BCUT2D eigenvalue weighted by atomic mass is 79.9. The maximum Gasteiger partial charge on any atom is 0.268 e. The highest BCUT2D eigenvalue weighted by molar-refractivity contribution is 9.10. The zero-order valence-electron chi connectivity index (χ0n) is 18.0. The van der Waals surface area contributed by atoms with Gasteiger partial charge >= 0.3 is 0 Å². The van der Waals surface area contributed by atoms with Gasteiger partial charge in [-0.25, -0.2) is 21.2 Å². The summed E-state index contributed by atoms with van der Waals surface area (Å²) in [5.41, 5.74) is 0.585. The molecule has 1 aliphatic carbocycles. The van der Waals surface area contributed by atoms with Crippen LogP contribution in [0.1, 0.15) is 24.8 Å². The summed E-state index contributed by atoms with van der Waals surface area (Å²) < 4.78 is 61.6. The molecule has 6 nitrogen and oxygen atoms in total. The lowest BCUT2D eigenvalue weighted by atomic mass is 10.2. The molecule has 10 heteroatoms. The van der Waals surface area contributed by atoms with Gasteiger partial charge in [0.2, 0.25) is 0 Å². The topological polar surface area (TPSA) is 54.8 Å². The summed E-state index contributed by atoms with van der Waals surface area (Å²) in [5.74, 6) is 0.585. The van der Waals surface area contributed by atoms with Crippen LogP contribution in [0.4, 0.5) is 14.5 Å². The van der Waals surface area contributed by atoms with Gasteiger partial charge in [0.15, 0.2) is 0 Å². The van der Waals surface area contributed by atoms with Crippen molar-refractivity contribution in [3.63, 3.8) is 0 Å². The molecule has 33 heavy (non-hydrogen) atoms. The van der Waals surface area contributed by atoms with Crippen LogP contribution in [-0.4, -0.2) is 56.6 Å². The molecule has 0 amide bonds. The first-order chi connectivity index (χ1) is 15.8. The predicted octanol–water partition coefficient (Wildman–Crippen LogP) is 4.87. The predicted molar refractivity (Wildman–Crippen MR) is 127 cm³/mol. The highest BCUT2D eigenvalue weighted by Gasteiger charge is 2.32. The molecule has 0 spiro atoms. The van der Waals surface area contributed by atoms with Gasteiger partial charge in [0.1, 0.15) is 5.75 Å². The van der Waals surface area contributed by atoms with E-state index in [1.54, 1.807) is 31.4 Å². The van der Waals surface area contributed by atoms with E-state index in [1.807, 2.05) is 0 Å². The van der Waals surface area contributed by atoms with Crippen LogP contribution in [0.2, 0.25) is 0 Å². The molecule has 176 valence electrons. The first-order valence-corrected chi connectivity index (χ1v) is 13.0. The fourth-order valence-corrected chi connectivity index (χ4v) is 6.27. The molecular weight excluding hydrogens is 516 g/mol. The summed E-state index contributed by atoms with van der Waals surface area (Å²) >= 11 is 3.31. The molecule has 0 N–H and O–H groups in total. The second kappa shape index (κ2) is 8.56. The SMILES string of the molecule is COc1ccc(S(=O)(=O)n2cc(C(F)F)c3ccc(Br)cc32)cc1N1CCN(C2CC2)CC1. The van der Waals surface area contributed by atoms with Crippen molar-refractivity contribution in [3.05, 3.63) is 52.6 Å². The molecule has 1 saturated heterocycles. The number of halogens is 3. The van der Waals surface area contributed by atoms with Crippen molar-refractivity contribution < 1.29 is 21.9 Å². The lowest BCUT2D eigenvalue weighted by molar-refractivity contribution is 0.153. The zero-order valence-corrected chi connectivity index (χ0v) is 20.4. The van der Waals surface area contributed by atoms with E-state index in [0.717, 1.165) is 36.3 Å². The third kappa shape index (κ3) is 4.13. The molecule has 0 unspecified atom stereocenters. The average molecular weight is 540 g/mol. The number of piperazine rings is 1. The summed E-state index contributed by atoms with van der Waals surface area (Å²) in [7, 11) is -2.57. The number of ether oxygens (including phenoxy) is 1. The van der Waals surface area contributed by atoms with E-state index in [9.17, 15) is 17.2 Å². The van der Waals surface area contributed by atoms with Crippen LogP contribution in [0.25, 0.3) is 10.9 Å². The molecule has 0 atom stereocenters. The van der Waals surface area contributed by atoms with E-state index < -0.39 is 16.4 Å². The van der Waals surface area contributed by atoms with Gasteiger partial charge in [-0.3, -0.25) is 4.90 Å². The summed E-state index contributed by atoms with van der Waals surface area (Å²) in [6.45, 7) is 3.37. The van der Waals surface area contributed by atoms with Crippen LogP contribution >= 0.6 is 15.9 Å². The number of rotatable bonds is 6. The zero-order chi connectivity index (χ0) is 23.3. The summed E-state index contributed by atoms with van der Waals surface area (Å²) in [5, 5.41) is 0.210. The number of alkyl halides is 2. The van der Waals surface area contributed by atoms with Crippen LogP contribution in [-0.2, 0) is 10.0 Å². The monoisotopic (exact) mass is 539 g/mol. The van der Waals surface area contributed by atoms with Gasteiger partial charge in [-0.1, -0.05) is 22.0 Å². The number of fused-ring (bicyclic) bond motifs is 1. The molecule has 3 aromatic rings. The van der Waals surface area contributed by atoms with Gasteiger partial charge in [0, 0.05) is 53.8 Å². The first kappa shape index (κ1) is 22.6. The Morgan fingerprint density at radius 3 is 2.42 bits per heavy atom. The Labute approximate surface area is 199 Å². The lowest BCUT2D eigenvalue weighted by Gasteiger charge is -2.36. The van der Waals surface area contributed by atoms with Crippen LogP contribution in [0.15, 0.2) is 52.0 Å². The Balaban J connectivity index is 1.55. The van der Waals surface area contributed by atoms with Crippen LogP contribution in [0, 0.1) is 0 Å². The van der Waals surface area contributed by atoms with Crippen molar-refractivity contribution in [2.75, 3.05) is 38.2 Å². The Hall–Kier alpha value is -2.17. The van der Waals surface area contributed by atoms with E-state index in [4.69, 9.17) is 4.74 Å². The molecule has 2 heterocycles. The summed E-state index contributed by atoms with van der Waals surface area (Å²) in [6.07, 6.45) is 0.728. The first-order valence-electron chi connectivity index (χ1n) is 10.8. The number of nitrogens with zero attached hydrogens (tertiary/aromatic N) is 3. The molecular formula is C23H24BrF2N3O3S. The minimum absolute atomic E-state index is 0.0283. The summed E-state index contributed by atoms with van der Waals surface area (Å²) in [4.78, 5) is 4.63. The van der Waals surface area contributed by atoms with Gasteiger partial charge in [0.25, 0.3) is 16.4 Å². The minimum Gasteiger partial charge on any atom is -0.495 e. The molecule has 5 rings (SSSR count). The fraction of sp³-hybridized carbons (Fsp3) is 0.391. The van der Waals surface area contributed by atoms with E-state index in [0.29, 0.717) is 22.0 Å². The second-order valence-electron chi connectivity index (χ2n) is 8.44. The average Bonchev–Trinajstić information content (AvgIpc) is 3.58. The van der Waals surface area contributed by atoms with Gasteiger partial charge < -0.3 is 9.64 Å². The molecule has 0 radical (unpaired) electrons. The Bertz CT molecular complexity index is 1300. The Morgan fingerprint density at radius 1 is 1.06 bits per heavy atom. The summed E-state index contributed by atoms with van der Waals surface area (Å²) in [6, 6.07) is 10.0. The number of hydrogen-bond acceptors (Lipinski definition) is 5. The molecule has 1 aromatic heterocycles. The number of aromatic nitrogens is 1. The van der Waals surface area contributed by atoms with Crippen LogP contribution in [0.5, 0.6) is 5.75 Å². The lowest BCUT2D eigenvalue weighted by Crippen LogP contribution is -2.47. The van der Waals surface area contributed by atoms with E-state index in [-0.39, 0.29) is 21.4 Å². The number of hydrogen-bond donors (Lipinski definition) is 0. The standard InChI is InChI=1S/C23H24BrF2N3O3S/c1-32-22-7-5-17(13-21(22)28-10-8-27(9-11-28)16-3-4-16)33(30,31)29-14-19(23(25)26)18-6-2-15(24)12-20(18)29/h2,5-7,12-14,16,23H,3-4,8-11H2,1H3. The molecule has 2 aliphatic rings. The van der Waals surface area contributed by atoms with E-state index in [1.165, 1.54) is 25.0 Å². The fourth-order valence-electron chi connectivity index (χ4n) is 4.53. The van der Waals surface area contributed by atoms with Crippen molar-refractivity contribution in [2.45, 2.75) is 30.2 Å². The number of anilines is 1. The van der Waals surface area contributed by atoms with Crippen LogP contribution in [0.3, 0.4) is 0 Å². The van der Waals surface area contributed by atoms with E-state index >= 15 is 0 Å². The van der Waals surface area contributed by atoms with Crippen molar-refractivity contribution in [2.24, 2.45) is 0 Å². The van der Waals surface area contributed by atoms with Gasteiger partial charge in [-0.2, -0.15) is 0 Å². The molecule has 1 aliphatic heterocycles. The number of benzene rings is 2. The van der Waals surface area contributed by atoms with Gasteiger partial charge in [0.05, 0.1) is 23.2 Å². The normalized spacial score (nSPS) is 17.8. The highest BCUT2D eigenvalue weighted by Crippen LogP contribution is 2.37. The van der Waals surface area contributed by atoms with E-state index in [2.05, 4.69) is 25.7 Å². The third-order valence-electron chi connectivity index (χ3n) is 6.43.